The Hall–Kier alpha value is -0.913. The molecule has 1 aliphatic heterocycles. The molecule has 1 saturated heterocycles. The van der Waals surface area contributed by atoms with E-state index in [0.29, 0.717) is 17.9 Å². The predicted octanol–water partition coefficient (Wildman–Crippen LogP) is 4.54. The second-order valence-electron chi connectivity index (χ2n) is 9.03. The maximum absolute atomic E-state index is 15.1. The summed E-state index contributed by atoms with van der Waals surface area (Å²) in [5.41, 5.74) is 1.35. The van der Waals surface area contributed by atoms with Crippen LogP contribution in [0.5, 0.6) is 0 Å². The van der Waals surface area contributed by atoms with Gasteiger partial charge in [-0.15, -0.1) is 0 Å². The monoisotopic (exact) mass is 352 g/mol. The molecule has 0 atom stereocenters. The van der Waals surface area contributed by atoms with E-state index >= 15 is 4.39 Å². The van der Waals surface area contributed by atoms with Crippen LogP contribution in [0.25, 0.3) is 0 Å². The van der Waals surface area contributed by atoms with Crippen LogP contribution in [0, 0.1) is 5.82 Å². The number of hydrogen-bond donors (Lipinski definition) is 1. The van der Waals surface area contributed by atoms with E-state index < -0.39 is 8.32 Å². The van der Waals surface area contributed by atoms with Crippen molar-refractivity contribution in [3.63, 3.8) is 0 Å². The summed E-state index contributed by atoms with van der Waals surface area (Å²) in [5, 5.41) is 3.60. The van der Waals surface area contributed by atoms with Crippen LogP contribution < -0.4 is 10.2 Å². The highest BCUT2D eigenvalue weighted by molar-refractivity contribution is 6.74. The first-order valence-electron chi connectivity index (χ1n) is 8.84. The second kappa shape index (κ2) is 6.77. The minimum absolute atomic E-state index is 0.00165. The molecule has 0 spiro atoms. The zero-order valence-corrected chi connectivity index (χ0v) is 17.3. The summed E-state index contributed by atoms with van der Waals surface area (Å²) in [4.78, 5) is 2.14. The molecule has 1 fully saturated rings. The minimum Gasteiger partial charge on any atom is -0.412 e. The fourth-order valence-electron chi connectivity index (χ4n) is 2.74. The van der Waals surface area contributed by atoms with Gasteiger partial charge in [0.1, 0.15) is 0 Å². The van der Waals surface area contributed by atoms with Gasteiger partial charge >= 0.3 is 0 Å². The van der Waals surface area contributed by atoms with Crippen LogP contribution in [-0.2, 0) is 11.0 Å². The molecule has 0 aliphatic carbocycles. The number of hydrogen-bond acceptors (Lipinski definition) is 3. The van der Waals surface area contributed by atoms with Crippen molar-refractivity contribution in [2.24, 2.45) is 0 Å². The number of rotatable bonds is 4. The van der Waals surface area contributed by atoms with Crippen LogP contribution in [0.3, 0.4) is 0 Å². The van der Waals surface area contributed by atoms with Crippen molar-refractivity contribution in [1.82, 2.24) is 5.32 Å². The molecular weight excluding hydrogens is 319 g/mol. The summed E-state index contributed by atoms with van der Waals surface area (Å²) in [6, 6.07) is 5.67. The van der Waals surface area contributed by atoms with Crippen LogP contribution in [0.1, 0.15) is 40.2 Å². The Morgan fingerprint density at radius 3 is 2.54 bits per heavy atom. The third kappa shape index (κ3) is 4.38. The molecule has 0 saturated carbocycles. The largest absolute Gasteiger partial charge is 0.412 e. The first kappa shape index (κ1) is 19.4. The minimum atomic E-state index is -1.88. The average molecular weight is 353 g/mol. The molecular formula is C19H33FN2OSi. The molecule has 1 aliphatic rings. The van der Waals surface area contributed by atoms with Gasteiger partial charge in [0.25, 0.3) is 0 Å². The summed E-state index contributed by atoms with van der Waals surface area (Å²) >= 11 is 0. The zero-order chi connectivity index (χ0) is 18.2. The lowest BCUT2D eigenvalue weighted by Gasteiger charge is -2.40. The first-order chi connectivity index (χ1) is 10.9. The fourth-order valence-corrected chi connectivity index (χ4v) is 3.69. The van der Waals surface area contributed by atoms with Gasteiger partial charge in [-0.1, -0.05) is 32.9 Å². The van der Waals surface area contributed by atoms with Crippen molar-refractivity contribution in [3.8, 4) is 0 Å². The number of piperazine rings is 1. The predicted molar refractivity (Wildman–Crippen MR) is 103 cm³/mol. The van der Waals surface area contributed by atoms with Gasteiger partial charge in [-0.2, -0.15) is 0 Å². The number of nitrogens with one attached hydrogen (secondary N) is 1. The summed E-state index contributed by atoms with van der Waals surface area (Å²) in [6.45, 7) is 18.2. The molecule has 0 bridgehead atoms. The Morgan fingerprint density at radius 2 is 1.96 bits per heavy atom. The maximum atomic E-state index is 15.1. The summed E-state index contributed by atoms with van der Waals surface area (Å²) in [6.07, 6.45) is 0. The Balaban J connectivity index is 2.16. The quantitative estimate of drug-likeness (QED) is 0.806. The van der Waals surface area contributed by atoms with E-state index in [-0.39, 0.29) is 16.4 Å². The van der Waals surface area contributed by atoms with Crippen molar-refractivity contribution in [1.29, 1.82) is 0 Å². The van der Waals surface area contributed by atoms with Crippen molar-refractivity contribution in [3.05, 3.63) is 29.6 Å². The molecule has 3 nitrogen and oxygen atoms in total. The van der Waals surface area contributed by atoms with Gasteiger partial charge in [-0.05, 0) is 38.0 Å². The second-order valence-corrected chi connectivity index (χ2v) is 13.8. The van der Waals surface area contributed by atoms with Crippen molar-refractivity contribution in [2.45, 2.75) is 64.9 Å². The molecule has 1 aromatic rings. The fraction of sp³-hybridized carbons (Fsp3) is 0.684. The Kier molecular flexibility index (Phi) is 5.48. The average Bonchev–Trinajstić information content (AvgIpc) is 2.44. The van der Waals surface area contributed by atoms with E-state index in [9.17, 15) is 0 Å². The lowest BCUT2D eigenvalue weighted by Crippen LogP contribution is -2.57. The van der Waals surface area contributed by atoms with Crippen LogP contribution >= 0.6 is 0 Å². The third-order valence-corrected chi connectivity index (χ3v) is 9.84. The lowest BCUT2D eigenvalue weighted by atomic mass is 10.0. The number of anilines is 1. The molecule has 136 valence electrons. The van der Waals surface area contributed by atoms with Crippen LogP contribution in [0.4, 0.5) is 10.1 Å². The van der Waals surface area contributed by atoms with Gasteiger partial charge in [0, 0.05) is 30.7 Å². The lowest BCUT2D eigenvalue weighted by molar-refractivity contribution is 0.271. The normalized spacial score (nSPS) is 18.8. The van der Waals surface area contributed by atoms with Crippen LogP contribution in [0.2, 0.25) is 18.1 Å². The highest BCUT2D eigenvalue weighted by atomic mass is 28.4. The molecule has 24 heavy (non-hydrogen) atoms. The Bertz CT molecular complexity index is 581. The van der Waals surface area contributed by atoms with Crippen LogP contribution in [0.15, 0.2) is 18.2 Å². The SMILES string of the molecule is CC1(C)CN(c2cccc(CO[Si](C)(C)C(C)(C)C)c2F)CCN1. The molecule has 5 heteroatoms. The molecule has 1 aromatic carbocycles. The van der Waals surface area contributed by atoms with E-state index in [4.69, 9.17) is 4.43 Å². The molecule has 2 rings (SSSR count). The van der Waals surface area contributed by atoms with Gasteiger partial charge in [0.2, 0.25) is 0 Å². The van der Waals surface area contributed by atoms with Crippen LogP contribution in [-0.4, -0.2) is 33.5 Å². The molecule has 0 amide bonds. The van der Waals surface area contributed by atoms with E-state index in [1.165, 1.54) is 0 Å². The summed E-state index contributed by atoms with van der Waals surface area (Å²) < 4.78 is 21.3. The first-order valence-corrected chi connectivity index (χ1v) is 11.8. The Morgan fingerprint density at radius 1 is 1.29 bits per heavy atom. The zero-order valence-electron chi connectivity index (χ0n) is 16.3. The van der Waals surface area contributed by atoms with Gasteiger partial charge in [0.15, 0.2) is 14.1 Å². The molecule has 1 N–H and O–H groups in total. The van der Waals surface area contributed by atoms with Gasteiger partial charge < -0.3 is 14.6 Å². The molecule has 0 aromatic heterocycles. The van der Waals surface area contributed by atoms with E-state index in [1.54, 1.807) is 0 Å². The number of benzene rings is 1. The number of halogens is 1. The maximum Gasteiger partial charge on any atom is 0.192 e. The van der Waals surface area contributed by atoms with Crippen molar-refractivity contribution >= 4 is 14.0 Å². The third-order valence-electron chi connectivity index (χ3n) is 5.37. The summed E-state index contributed by atoms with van der Waals surface area (Å²) in [7, 11) is -1.88. The highest BCUT2D eigenvalue weighted by Crippen LogP contribution is 2.37. The molecule has 0 unspecified atom stereocenters. The number of nitrogens with zero attached hydrogens (tertiary/aromatic N) is 1. The highest BCUT2D eigenvalue weighted by Gasteiger charge is 2.37. The van der Waals surface area contributed by atoms with E-state index in [2.05, 4.69) is 57.9 Å². The molecule has 0 radical (unpaired) electrons. The summed E-state index contributed by atoms with van der Waals surface area (Å²) in [5.74, 6) is -0.131. The Labute approximate surface area is 147 Å². The van der Waals surface area contributed by atoms with Crippen molar-refractivity contribution < 1.29 is 8.82 Å². The van der Waals surface area contributed by atoms with E-state index in [1.807, 2.05) is 18.2 Å². The van der Waals surface area contributed by atoms with Crippen molar-refractivity contribution in [2.75, 3.05) is 24.5 Å². The van der Waals surface area contributed by atoms with Gasteiger partial charge in [-0.3, -0.25) is 0 Å². The van der Waals surface area contributed by atoms with Gasteiger partial charge in [0.05, 0.1) is 12.3 Å². The van der Waals surface area contributed by atoms with E-state index in [0.717, 1.165) is 19.6 Å². The van der Waals surface area contributed by atoms with Gasteiger partial charge in [-0.25, -0.2) is 4.39 Å². The standard InChI is InChI=1S/C19H33FN2OSi/c1-18(2,3)24(6,7)23-13-15-9-8-10-16(17(15)20)22-12-11-21-19(4,5)14-22/h8-10,21H,11-14H2,1-7H3. The molecule has 1 heterocycles. The topological polar surface area (TPSA) is 24.5 Å². The smallest absolute Gasteiger partial charge is 0.192 e.